The summed E-state index contributed by atoms with van der Waals surface area (Å²) in [7, 11) is 4.19. The van der Waals surface area contributed by atoms with Crippen LogP contribution in [0.2, 0.25) is 5.02 Å². The van der Waals surface area contributed by atoms with Crippen LogP contribution < -0.4 is 5.73 Å². The summed E-state index contributed by atoms with van der Waals surface area (Å²) < 4.78 is 1.07. The lowest BCUT2D eigenvalue weighted by Gasteiger charge is -2.32. The third-order valence-electron chi connectivity index (χ3n) is 3.33. The quantitative estimate of drug-likeness (QED) is 0.769. The summed E-state index contributed by atoms with van der Waals surface area (Å²) in [5.41, 5.74) is 7.22. The molecule has 20 heavy (non-hydrogen) atoms. The van der Waals surface area contributed by atoms with Crippen LogP contribution in [0.15, 0.2) is 22.7 Å². The van der Waals surface area contributed by atoms with Crippen molar-refractivity contribution in [3.63, 3.8) is 0 Å². The first-order valence-corrected chi connectivity index (χ1v) is 8.20. The molecule has 0 aliphatic carbocycles. The van der Waals surface area contributed by atoms with Crippen molar-refractivity contribution in [2.45, 2.75) is 19.4 Å². The van der Waals surface area contributed by atoms with Crippen LogP contribution in [-0.2, 0) is 0 Å². The van der Waals surface area contributed by atoms with Gasteiger partial charge in [0.25, 0.3) is 0 Å². The van der Waals surface area contributed by atoms with Crippen molar-refractivity contribution >= 4 is 27.5 Å². The number of benzene rings is 1. The summed E-state index contributed by atoms with van der Waals surface area (Å²) in [6, 6.07) is 6.10. The smallest absolute Gasteiger partial charge is 0.0482 e. The molecular weight excluding hydrogens is 338 g/mol. The highest BCUT2D eigenvalue weighted by Gasteiger charge is 2.20. The maximum atomic E-state index is 6.14. The van der Waals surface area contributed by atoms with Gasteiger partial charge < -0.3 is 10.6 Å². The molecular formula is C15H25BrClN3. The second-order valence-corrected chi connectivity index (χ2v) is 6.55. The molecule has 0 spiro atoms. The summed E-state index contributed by atoms with van der Waals surface area (Å²) in [6.07, 6.45) is 1.11. The molecule has 0 aliphatic rings. The van der Waals surface area contributed by atoms with Gasteiger partial charge in [0.2, 0.25) is 0 Å². The monoisotopic (exact) mass is 361 g/mol. The van der Waals surface area contributed by atoms with Crippen molar-refractivity contribution in [1.29, 1.82) is 0 Å². The zero-order chi connectivity index (χ0) is 15.1. The lowest BCUT2D eigenvalue weighted by atomic mass is 10.0. The van der Waals surface area contributed by atoms with Crippen LogP contribution in [0.3, 0.4) is 0 Å². The molecule has 0 radical (unpaired) electrons. The van der Waals surface area contributed by atoms with Gasteiger partial charge in [0.1, 0.15) is 0 Å². The number of nitrogens with zero attached hydrogens (tertiary/aromatic N) is 2. The van der Waals surface area contributed by atoms with Crippen molar-refractivity contribution in [3.8, 4) is 0 Å². The molecule has 0 heterocycles. The predicted molar refractivity (Wildman–Crippen MR) is 91.4 cm³/mol. The molecule has 0 fully saturated rings. The first-order chi connectivity index (χ1) is 9.49. The van der Waals surface area contributed by atoms with E-state index >= 15 is 0 Å². The second-order valence-electron chi connectivity index (χ2n) is 5.26. The molecule has 1 aromatic rings. The average molecular weight is 363 g/mol. The topological polar surface area (TPSA) is 32.5 Å². The predicted octanol–water partition coefficient (Wildman–Crippen LogP) is 3.38. The van der Waals surface area contributed by atoms with Crippen molar-refractivity contribution in [2.75, 3.05) is 40.3 Å². The summed E-state index contributed by atoms with van der Waals surface area (Å²) in [5, 5.41) is 0.755. The van der Waals surface area contributed by atoms with Gasteiger partial charge in [-0.1, -0.05) is 34.5 Å². The van der Waals surface area contributed by atoms with Crippen LogP contribution in [0.1, 0.15) is 24.9 Å². The molecule has 1 unspecified atom stereocenters. The number of rotatable bonds is 8. The van der Waals surface area contributed by atoms with Crippen LogP contribution in [-0.4, -0.2) is 50.1 Å². The molecule has 0 aliphatic heterocycles. The Morgan fingerprint density at radius 1 is 1.25 bits per heavy atom. The van der Waals surface area contributed by atoms with E-state index in [1.807, 2.05) is 18.2 Å². The van der Waals surface area contributed by atoms with E-state index in [1.165, 1.54) is 5.56 Å². The van der Waals surface area contributed by atoms with Gasteiger partial charge in [0, 0.05) is 35.2 Å². The molecule has 1 aromatic carbocycles. The third-order valence-corrected chi connectivity index (χ3v) is 4.28. The SMILES string of the molecule is CCCN(CCN(C)C)C(CN)c1cc(Cl)ccc1Br. The molecule has 0 bridgehead atoms. The van der Waals surface area contributed by atoms with Crippen LogP contribution in [0.4, 0.5) is 0 Å². The van der Waals surface area contributed by atoms with Gasteiger partial charge in [-0.3, -0.25) is 4.90 Å². The molecule has 114 valence electrons. The minimum Gasteiger partial charge on any atom is -0.329 e. The van der Waals surface area contributed by atoms with Crippen LogP contribution in [0.5, 0.6) is 0 Å². The highest BCUT2D eigenvalue weighted by molar-refractivity contribution is 9.10. The van der Waals surface area contributed by atoms with Crippen molar-refractivity contribution in [1.82, 2.24) is 9.80 Å². The molecule has 1 rings (SSSR count). The standard InChI is InChI=1S/C15H25BrClN3/c1-4-7-20(9-8-19(2)3)15(11-18)13-10-12(17)5-6-14(13)16/h5-6,10,15H,4,7-9,11,18H2,1-3H3. The van der Waals surface area contributed by atoms with E-state index in [-0.39, 0.29) is 6.04 Å². The number of likely N-dealkylation sites (N-methyl/N-ethyl adjacent to an activating group) is 1. The molecule has 0 saturated carbocycles. The van der Waals surface area contributed by atoms with Crippen LogP contribution in [0, 0.1) is 0 Å². The third kappa shape index (κ3) is 5.34. The highest BCUT2D eigenvalue weighted by atomic mass is 79.9. The fraction of sp³-hybridized carbons (Fsp3) is 0.600. The fourth-order valence-corrected chi connectivity index (χ4v) is 2.97. The number of nitrogens with two attached hydrogens (primary N) is 1. The van der Waals surface area contributed by atoms with Gasteiger partial charge >= 0.3 is 0 Å². The maximum Gasteiger partial charge on any atom is 0.0482 e. The van der Waals surface area contributed by atoms with E-state index in [4.69, 9.17) is 17.3 Å². The first kappa shape index (κ1) is 17.9. The second kappa shape index (κ2) is 9.00. The molecule has 0 saturated heterocycles. The van der Waals surface area contributed by atoms with Crippen molar-refractivity contribution in [3.05, 3.63) is 33.3 Å². The van der Waals surface area contributed by atoms with Gasteiger partial charge in [-0.25, -0.2) is 0 Å². The Hall–Kier alpha value is -0.130. The Kier molecular flexibility index (Phi) is 8.07. The molecule has 0 amide bonds. The normalized spacial score (nSPS) is 13.2. The molecule has 3 nitrogen and oxygen atoms in total. The average Bonchev–Trinajstić information content (AvgIpc) is 2.40. The van der Waals surface area contributed by atoms with E-state index in [9.17, 15) is 0 Å². The van der Waals surface area contributed by atoms with Gasteiger partial charge in [-0.15, -0.1) is 0 Å². The summed E-state index contributed by atoms with van der Waals surface area (Å²) in [5.74, 6) is 0. The van der Waals surface area contributed by atoms with Crippen molar-refractivity contribution < 1.29 is 0 Å². The number of halogens is 2. The fourth-order valence-electron chi connectivity index (χ4n) is 2.28. The van der Waals surface area contributed by atoms with E-state index in [2.05, 4.69) is 46.7 Å². The van der Waals surface area contributed by atoms with E-state index in [0.717, 1.165) is 35.6 Å². The lowest BCUT2D eigenvalue weighted by Crippen LogP contribution is -2.38. The van der Waals surface area contributed by atoms with Crippen molar-refractivity contribution in [2.24, 2.45) is 5.73 Å². The minimum absolute atomic E-state index is 0.197. The number of hydrogen-bond donors (Lipinski definition) is 1. The Bertz CT molecular complexity index is 412. The highest BCUT2D eigenvalue weighted by Crippen LogP contribution is 2.30. The molecule has 2 N–H and O–H groups in total. The Balaban J connectivity index is 2.96. The summed E-state index contributed by atoms with van der Waals surface area (Å²) in [4.78, 5) is 4.64. The molecule has 0 aromatic heterocycles. The summed E-state index contributed by atoms with van der Waals surface area (Å²) in [6.45, 7) is 5.85. The Labute approximate surface area is 136 Å². The number of hydrogen-bond acceptors (Lipinski definition) is 3. The van der Waals surface area contributed by atoms with Gasteiger partial charge in [0.05, 0.1) is 0 Å². The van der Waals surface area contributed by atoms with Gasteiger partial charge in [-0.05, 0) is 50.8 Å². The Morgan fingerprint density at radius 2 is 1.95 bits per heavy atom. The van der Waals surface area contributed by atoms with E-state index in [0.29, 0.717) is 6.54 Å². The first-order valence-electron chi connectivity index (χ1n) is 7.03. The Morgan fingerprint density at radius 3 is 2.50 bits per heavy atom. The van der Waals surface area contributed by atoms with Gasteiger partial charge in [0.15, 0.2) is 0 Å². The zero-order valence-electron chi connectivity index (χ0n) is 12.6. The maximum absolute atomic E-state index is 6.14. The lowest BCUT2D eigenvalue weighted by molar-refractivity contribution is 0.182. The van der Waals surface area contributed by atoms with Gasteiger partial charge in [-0.2, -0.15) is 0 Å². The zero-order valence-corrected chi connectivity index (χ0v) is 14.9. The van der Waals surface area contributed by atoms with Crippen LogP contribution >= 0.6 is 27.5 Å². The minimum atomic E-state index is 0.197. The summed E-state index contributed by atoms with van der Waals surface area (Å²) >= 11 is 9.76. The van der Waals surface area contributed by atoms with Crippen LogP contribution in [0.25, 0.3) is 0 Å². The van der Waals surface area contributed by atoms with E-state index in [1.54, 1.807) is 0 Å². The molecule has 5 heteroatoms. The molecule has 1 atom stereocenters. The van der Waals surface area contributed by atoms with E-state index < -0.39 is 0 Å². The largest absolute Gasteiger partial charge is 0.329 e.